The van der Waals surface area contributed by atoms with Crippen molar-refractivity contribution in [3.63, 3.8) is 0 Å². The first kappa shape index (κ1) is 13.4. The van der Waals surface area contributed by atoms with Gasteiger partial charge in [-0.15, -0.1) is 0 Å². The third-order valence-electron chi connectivity index (χ3n) is 3.19. The lowest BCUT2D eigenvalue weighted by atomic mass is 10.3. The van der Waals surface area contributed by atoms with E-state index in [0.29, 0.717) is 5.52 Å². The molecule has 0 radical (unpaired) electrons. The van der Waals surface area contributed by atoms with Crippen molar-refractivity contribution in [3.8, 4) is 0 Å². The lowest BCUT2D eigenvalue weighted by Crippen LogP contribution is -2.07. The molecule has 0 amide bonds. The molecule has 5 nitrogen and oxygen atoms in total. The standard InChI is InChI=1S/C15H11NO4S/c17-15(18)12-10-16-9-5-4-8-13(16)14(12)21(19,20)11-6-2-1-3-7-11/h1-10H,(H,17,18). The van der Waals surface area contributed by atoms with Crippen LogP contribution in [0.5, 0.6) is 0 Å². The second-order valence-corrected chi connectivity index (χ2v) is 6.37. The van der Waals surface area contributed by atoms with Crippen LogP contribution >= 0.6 is 0 Å². The summed E-state index contributed by atoms with van der Waals surface area (Å²) in [5.74, 6) is -1.27. The fourth-order valence-corrected chi connectivity index (χ4v) is 3.88. The lowest BCUT2D eigenvalue weighted by Gasteiger charge is -2.05. The van der Waals surface area contributed by atoms with Gasteiger partial charge in [0.2, 0.25) is 9.84 Å². The summed E-state index contributed by atoms with van der Waals surface area (Å²) in [5, 5.41) is 9.30. The van der Waals surface area contributed by atoms with E-state index in [9.17, 15) is 18.3 Å². The summed E-state index contributed by atoms with van der Waals surface area (Å²) in [4.78, 5) is 11.3. The van der Waals surface area contributed by atoms with Crippen LogP contribution in [0.25, 0.3) is 5.52 Å². The van der Waals surface area contributed by atoms with Gasteiger partial charge < -0.3 is 9.51 Å². The minimum absolute atomic E-state index is 0.0736. The Hall–Kier alpha value is -2.60. The van der Waals surface area contributed by atoms with Crippen LogP contribution in [0.3, 0.4) is 0 Å². The predicted octanol–water partition coefficient (Wildman–Crippen LogP) is 2.47. The number of pyridine rings is 1. The topological polar surface area (TPSA) is 75.8 Å². The number of aromatic carboxylic acids is 1. The predicted molar refractivity (Wildman–Crippen MR) is 76.3 cm³/mol. The molecule has 0 spiro atoms. The quantitative estimate of drug-likeness (QED) is 0.806. The fourth-order valence-electron chi connectivity index (χ4n) is 2.25. The number of hydrogen-bond acceptors (Lipinski definition) is 3. The van der Waals surface area contributed by atoms with E-state index < -0.39 is 15.8 Å². The number of benzene rings is 1. The molecule has 0 fully saturated rings. The van der Waals surface area contributed by atoms with Crippen LogP contribution in [-0.4, -0.2) is 23.9 Å². The van der Waals surface area contributed by atoms with Gasteiger partial charge in [-0.05, 0) is 24.3 Å². The normalized spacial score (nSPS) is 11.6. The number of carbonyl (C=O) groups is 1. The molecule has 2 aromatic heterocycles. The van der Waals surface area contributed by atoms with Crippen LogP contribution in [0.1, 0.15) is 10.4 Å². The summed E-state index contributed by atoms with van der Waals surface area (Å²) < 4.78 is 27.0. The van der Waals surface area contributed by atoms with Crippen molar-refractivity contribution in [3.05, 3.63) is 66.5 Å². The molecule has 3 rings (SSSR count). The Labute approximate surface area is 121 Å². The van der Waals surface area contributed by atoms with Crippen molar-refractivity contribution in [1.82, 2.24) is 4.40 Å². The van der Waals surface area contributed by atoms with Gasteiger partial charge in [-0.3, -0.25) is 0 Å². The summed E-state index contributed by atoms with van der Waals surface area (Å²) in [5.41, 5.74) is 0.115. The zero-order chi connectivity index (χ0) is 15.0. The highest BCUT2D eigenvalue weighted by Gasteiger charge is 2.28. The number of sulfone groups is 1. The molecule has 0 saturated carbocycles. The summed E-state index contributed by atoms with van der Waals surface area (Å²) in [7, 11) is -3.90. The highest BCUT2D eigenvalue weighted by molar-refractivity contribution is 7.91. The minimum Gasteiger partial charge on any atom is -0.478 e. The molecule has 2 heterocycles. The van der Waals surface area contributed by atoms with E-state index in [4.69, 9.17) is 0 Å². The van der Waals surface area contributed by atoms with E-state index in [2.05, 4.69) is 0 Å². The smallest absolute Gasteiger partial charge is 0.338 e. The van der Waals surface area contributed by atoms with E-state index in [1.54, 1.807) is 42.6 Å². The van der Waals surface area contributed by atoms with Crippen LogP contribution in [0.15, 0.2) is 70.7 Å². The molecule has 3 aromatic rings. The maximum absolute atomic E-state index is 12.8. The van der Waals surface area contributed by atoms with Crippen molar-refractivity contribution in [2.75, 3.05) is 0 Å². The van der Waals surface area contributed by atoms with Crippen molar-refractivity contribution in [2.24, 2.45) is 0 Å². The average molecular weight is 301 g/mol. The van der Waals surface area contributed by atoms with Crippen LogP contribution in [-0.2, 0) is 9.84 Å². The van der Waals surface area contributed by atoms with E-state index in [1.807, 2.05) is 0 Å². The Morgan fingerprint density at radius 2 is 1.67 bits per heavy atom. The summed E-state index contributed by atoms with van der Waals surface area (Å²) in [6, 6.07) is 12.8. The number of nitrogens with zero attached hydrogens (tertiary/aromatic N) is 1. The Morgan fingerprint density at radius 1 is 1.00 bits per heavy atom. The fraction of sp³-hybridized carbons (Fsp3) is 0. The number of rotatable bonds is 3. The molecule has 0 saturated heterocycles. The van der Waals surface area contributed by atoms with Gasteiger partial charge in [0, 0.05) is 12.4 Å². The number of aromatic nitrogens is 1. The van der Waals surface area contributed by atoms with Gasteiger partial charge in [-0.1, -0.05) is 24.3 Å². The van der Waals surface area contributed by atoms with Crippen molar-refractivity contribution in [1.29, 1.82) is 0 Å². The van der Waals surface area contributed by atoms with E-state index >= 15 is 0 Å². The van der Waals surface area contributed by atoms with Crippen LogP contribution in [0.4, 0.5) is 0 Å². The Kier molecular flexibility index (Phi) is 3.03. The Bertz CT molecular complexity index is 927. The van der Waals surface area contributed by atoms with Gasteiger partial charge in [0.15, 0.2) is 0 Å². The summed E-state index contributed by atoms with van der Waals surface area (Å²) in [6.07, 6.45) is 2.93. The van der Waals surface area contributed by atoms with E-state index in [1.165, 1.54) is 22.7 Å². The van der Waals surface area contributed by atoms with Gasteiger partial charge in [0.05, 0.1) is 16.0 Å². The van der Waals surface area contributed by atoms with Crippen molar-refractivity contribution >= 4 is 21.3 Å². The van der Waals surface area contributed by atoms with Gasteiger partial charge in [-0.25, -0.2) is 13.2 Å². The molecule has 1 N–H and O–H groups in total. The monoisotopic (exact) mass is 301 g/mol. The molecule has 106 valence electrons. The van der Waals surface area contributed by atoms with Crippen LogP contribution < -0.4 is 0 Å². The molecule has 21 heavy (non-hydrogen) atoms. The molecule has 6 heteroatoms. The van der Waals surface area contributed by atoms with Crippen LogP contribution in [0, 0.1) is 0 Å². The van der Waals surface area contributed by atoms with Gasteiger partial charge in [0.25, 0.3) is 0 Å². The lowest BCUT2D eigenvalue weighted by molar-refractivity contribution is 0.0693. The molecule has 1 aromatic carbocycles. The second kappa shape index (κ2) is 4.75. The van der Waals surface area contributed by atoms with Gasteiger partial charge in [-0.2, -0.15) is 0 Å². The van der Waals surface area contributed by atoms with E-state index in [-0.39, 0.29) is 15.4 Å². The van der Waals surface area contributed by atoms with Gasteiger partial charge >= 0.3 is 5.97 Å². The Morgan fingerprint density at radius 3 is 2.33 bits per heavy atom. The SMILES string of the molecule is O=C(O)c1cn2ccccc2c1S(=O)(=O)c1ccccc1. The number of carboxylic acid groups (broad SMARTS) is 1. The first-order valence-electron chi connectivity index (χ1n) is 6.15. The largest absolute Gasteiger partial charge is 0.478 e. The zero-order valence-electron chi connectivity index (χ0n) is 10.8. The maximum Gasteiger partial charge on any atom is 0.338 e. The van der Waals surface area contributed by atoms with Crippen LogP contribution in [0.2, 0.25) is 0 Å². The van der Waals surface area contributed by atoms with E-state index in [0.717, 1.165) is 0 Å². The molecule has 0 unspecified atom stereocenters. The first-order chi connectivity index (χ1) is 10.0. The highest BCUT2D eigenvalue weighted by atomic mass is 32.2. The molecule has 0 aliphatic rings. The van der Waals surface area contributed by atoms with Crippen molar-refractivity contribution in [2.45, 2.75) is 9.79 Å². The average Bonchev–Trinajstić information content (AvgIpc) is 2.88. The van der Waals surface area contributed by atoms with Gasteiger partial charge in [0.1, 0.15) is 4.90 Å². The maximum atomic E-state index is 12.8. The summed E-state index contributed by atoms with van der Waals surface area (Å²) >= 11 is 0. The first-order valence-corrected chi connectivity index (χ1v) is 7.63. The molecule has 0 aliphatic carbocycles. The minimum atomic E-state index is -3.90. The zero-order valence-corrected chi connectivity index (χ0v) is 11.6. The third-order valence-corrected chi connectivity index (χ3v) is 5.05. The second-order valence-electron chi connectivity index (χ2n) is 4.49. The van der Waals surface area contributed by atoms with Crippen molar-refractivity contribution < 1.29 is 18.3 Å². The molecular formula is C15H11NO4S. The number of fused-ring (bicyclic) bond motifs is 1. The third kappa shape index (κ3) is 2.09. The highest BCUT2D eigenvalue weighted by Crippen LogP contribution is 2.29. The molecule has 0 bridgehead atoms. The summed E-state index contributed by atoms with van der Waals surface area (Å²) in [6.45, 7) is 0. The molecule has 0 atom stereocenters. The number of hydrogen-bond donors (Lipinski definition) is 1. The molecule has 0 aliphatic heterocycles. The Balaban J connectivity index is 2.39. The number of carboxylic acids is 1. The molecular weight excluding hydrogens is 290 g/mol.